The minimum Gasteiger partial charge on any atom is -0.497 e. The maximum Gasteiger partial charge on any atom is 0.251 e. The number of halogens is 1. The van der Waals surface area contributed by atoms with Crippen LogP contribution in [0.25, 0.3) is 0 Å². The second-order valence-electron chi connectivity index (χ2n) is 6.54. The third kappa shape index (κ3) is 10.1. The maximum absolute atomic E-state index is 12.1. The molecule has 0 spiro atoms. The molecule has 0 heterocycles. The number of hydrogen-bond acceptors (Lipinski definition) is 4. The highest BCUT2D eigenvalue weighted by atomic mass is 127. The van der Waals surface area contributed by atoms with E-state index in [1.165, 1.54) is 12.8 Å². The van der Waals surface area contributed by atoms with Crippen LogP contribution >= 0.6 is 24.0 Å². The summed E-state index contributed by atoms with van der Waals surface area (Å²) in [6.45, 7) is 6.32. The zero-order valence-corrected chi connectivity index (χ0v) is 19.2. The molecule has 3 N–H and O–H groups in total. The monoisotopic (exact) mass is 504 g/mol. The van der Waals surface area contributed by atoms with Crippen LogP contribution in [0.15, 0.2) is 29.3 Å². The van der Waals surface area contributed by atoms with E-state index in [1.54, 1.807) is 31.4 Å². The van der Waals surface area contributed by atoms with Crippen LogP contribution in [0.4, 0.5) is 0 Å². The highest BCUT2D eigenvalue weighted by Crippen LogP contribution is 2.28. The molecule has 1 fully saturated rings. The fraction of sp³-hybridized carbons (Fsp3) is 0.600. The standard InChI is InChI=1S/C20H32N4O3.HI/c1-3-21-20(23-11-4-14-27-15-16-5-6-16)24-13-12-22-19(25)17-7-9-18(26-2)10-8-17;/h7-10,16H,3-6,11-15H2,1-2H3,(H,22,25)(H2,21,23,24);1H. The van der Waals surface area contributed by atoms with Crippen LogP contribution in [0.3, 0.4) is 0 Å². The van der Waals surface area contributed by atoms with Gasteiger partial charge in [0.05, 0.1) is 7.11 Å². The Kier molecular flexibility index (Phi) is 12.6. The van der Waals surface area contributed by atoms with Crippen LogP contribution in [0.2, 0.25) is 0 Å². The second-order valence-corrected chi connectivity index (χ2v) is 6.54. The molecule has 0 unspecified atom stereocenters. The molecule has 1 aliphatic rings. The van der Waals surface area contributed by atoms with E-state index < -0.39 is 0 Å². The van der Waals surface area contributed by atoms with Crippen molar-refractivity contribution >= 4 is 35.8 Å². The fourth-order valence-electron chi connectivity index (χ4n) is 2.44. The predicted molar refractivity (Wildman–Crippen MR) is 123 cm³/mol. The second kappa shape index (κ2) is 14.4. The van der Waals surface area contributed by atoms with Gasteiger partial charge in [-0.05, 0) is 56.4 Å². The van der Waals surface area contributed by atoms with E-state index in [1.807, 2.05) is 6.92 Å². The number of nitrogens with one attached hydrogen (secondary N) is 3. The number of aliphatic imine (C=N–C) groups is 1. The Hall–Kier alpha value is -1.55. The summed E-state index contributed by atoms with van der Waals surface area (Å²) < 4.78 is 10.7. The van der Waals surface area contributed by atoms with Crippen molar-refractivity contribution in [2.75, 3.05) is 46.5 Å². The minimum absolute atomic E-state index is 0. The molecule has 1 aliphatic carbocycles. The van der Waals surface area contributed by atoms with Crippen molar-refractivity contribution in [2.24, 2.45) is 10.9 Å². The summed E-state index contributed by atoms with van der Waals surface area (Å²) in [6.07, 6.45) is 3.56. The number of benzene rings is 1. The first kappa shape index (κ1) is 24.5. The van der Waals surface area contributed by atoms with Crippen LogP contribution in [-0.4, -0.2) is 58.4 Å². The number of guanidine groups is 1. The first-order valence-corrected chi connectivity index (χ1v) is 9.75. The van der Waals surface area contributed by atoms with E-state index in [9.17, 15) is 4.79 Å². The normalized spacial score (nSPS) is 13.4. The van der Waals surface area contributed by atoms with Gasteiger partial charge in [0.25, 0.3) is 5.91 Å². The lowest BCUT2D eigenvalue weighted by atomic mass is 10.2. The van der Waals surface area contributed by atoms with Gasteiger partial charge in [-0.2, -0.15) is 0 Å². The van der Waals surface area contributed by atoms with Crippen molar-refractivity contribution in [2.45, 2.75) is 26.2 Å². The van der Waals surface area contributed by atoms with Gasteiger partial charge in [-0.25, -0.2) is 0 Å². The SMILES string of the molecule is CCNC(=NCCCOCC1CC1)NCCNC(=O)c1ccc(OC)cc1.I. The van der Waals surface area contributed by atoms with Crippen molar-refractivity contribution in [3.05, 3.63) is 29.8 Å². The van der Waals surface area contributed by atoms with E-state index in [4.69, 9.17) is 9.47 Å². The number of amides is 1. The summed E-state index contributed by atoms with van der Waals surface area (Å²) in [7, 11) is 1.60. The van der Waals surface area contributed by atoms with Crippen molar-refractivity contribution in [3.8, 4) is 5.75 Å². The summed E-state index contributed by atoms with van der Waals surface area (Å²) in [5, 5.41) is 9.32. The molecule has 0 atom stereocenters. The molecule has 1 amide bonds. The third-order valence-corrected chi connectivity index (χ3v) is 4.17. The molecule has 28 heavy (non-hydrogen) atoms. The Morgan fingerprint density at radius 1 is 1.14 bits per heavy atom. The van der Waals surface area contributed by atoms with Crippen LogP contribution in [0.5, 0.6) is 5.75 Å². The Morgan fingerprint density at radius 2 is 1.86 bits per heavy atom. The first-order chi connectivity index (χ1) is 13.2. The topological polar surface area (TPSA) is 84.0 Å². The molecule has 0 radical (unpaired) electrons. The highest BCUT2D eigenvalue weighted by Gasteiger charge is 2.20. The number of hydrogen-bond donors (Lipinski definition) is 3. The molecule has 0 bridgehead atoms. The average molecular weight is 504 g/mol. The number of carbonyl (C=O) groups is 1. The van der Waals surface area contributed by atoms with Gasteiger partial charge >= 0.3 is 0 Å². The molecule has 7 nitrogen and oxygen atoms in total. The van der Waals surface area contributed by atoms with Gasteiger partial charge in [0, 0.05) is 45.0 Å². The lowest BCUT2D eigenvalue weighted by Gasteiger charge is -2.12. The molecule has 0 saturated heterocycles. The Bertz CT molecular complexity index is 592. The fourth-order valence-corrected chi connectivity index (χ4v) is 2.44. The largest absolute Gasteiger partial charge is 0.497 e. The van der Waals surface area contributed by atoms with E-state index in [0.29, 0.717) is 18.7 Å². The zero-order valence-electron chi connectivity index (χ0n) is 16.8. The summed E-state index contributed by atoms with van der Waals surface area (Å²) in [4.78, 5) is 16.6. The van der Waals surface area contributed by atoms with Crippen molar-refractivity contribution in [1.29, 1.82) is 0 Å². The lowest BCUT2D eigenvalue weighted by Crippen LogP contribution is -2.41. The van der Waals surface area contributed by atoms with Gasteiger partial charge in [-0.15, -0.1) is 24.0 Å². The number of rotatable bonds is 12. The quantitative estimate of drug-likeness (QED) is 0.176. The predicted octanol–water partition coefficient (Wildman–Crippen LogP) is 2.41. The third-order valence-electron chi connectivity index (χ3n) is 4.17. The summed E-state index contributed by atoms with van der Waals surface area (Å²) >= 11 is 0. The average Bonchev–Trinajstić information content (AvgIpc) is 3.52. The maximum atomic E-state index is 12.1. The molecule has 1 saturated carbocycles. The molecular weight excluding hydrogens is 471 g/mol. The van der Waals surface area contributed by atoms with Gasteiger partial charge in [0.15, 0.2) is 5.96 Å². The number of nitrogens with zero attached hydrogens (tertiary/aromatic N) is 1. The van der Waals surface area contributed by atoms with Crippen LogP contribution in [-0.2, 0) is 4.74 Å². The molecule has 0 aromatic heterocycles. The van der Waals surface area contributed by atoms with E-state index in [0.717, 1.165) is 50.4 Å². The molecule has 1 aromatic carbocycles. The van der Waals surface area contributed by atoms with E-state index >= 15 is 0 Å². The Labute approximate surface area is 185 Å². The van der Waals surface area contributed by atoms with Crippen LogP contribution in [0.1, 0.15) is 36.5 Å². The number of carbonyl (C=O) groups excluding carboxylic acids is 1. The number of ether oxygens (including phenoxy) is 2. The molecule has 8 heteroatoms. The molecule has 2 rings (SSSR count). The zero-order chi connectivity index (χ0) is 19.3. The van der Waals surface area contributed by atoms with E-state index in [-0.39, 0.29) is 29.9 Å². The van der Waals surface area contributed by atoms with Gasteiger partial charge < -0.3 is 25.4 Å². The minimum atomic E-state index is -0.103. The van der Waals surface area contributed by atoms with Crippen molar-refractivity contribution < 1.29 is 14.3 Å². The van der Waals surface area contributed by atoms with Gasteiger partial charge in [0.2, 0.25) is 0 Å². The summed E-state index contributed by atoms with van der Waals surface area (Å²) in [6, 6.07) is 7.05. The van der Waals surface area contributed by atoms with Gasteiger partial charge in [-0.3, -0.25) is 9.79 Å². The molecule has 158 valence electrons. The van der Waals surface area contributed by atoms with Gasteiger partial charge in [0.1, 0.15) is 5.75 Å². The molecule has 1 aromatic rings. The molecular formula is C20H33IN4O3. The summed E-state index contributed by atoms with van der Waals surface area (Å²) in [5.74, 6) is 2.20. The van der Waals surface area contributed by atoms with Crippen LogP contribution in [0, 0.1) is 5.92 Å². The molecule has 0 aliphatic heterocycles. The smallest absolute Gasteiger partial charge is 0.251 e. The highest BCUT2D eigenvalue weighted by molar-refractivity contribution is 14.0. The summed E-state index contributed by atoms with van der Waals surface area (Å²) in [5.41, 5.74) is 0.613. The number of methoxy groups -OCH3 is 1. The Balaban J connectivity index is 0.00000392. The van der Waals surface area contributed by atoms with Crippen LogP contribution < -0.4 is 20.7 Å². The Morgan fingerprint density at radius 3 is 2.50 bits per heavy atom. The van der Waals surface area contributed by atoms with Crippen molar-refractivity contribution in [3.63, 3.8) is 0 Å². The first-order valence-electron chi connectivity index (χ1n) is 9.75. The van der Waals surface area contributed by atoms with Gasteiger partial charge in [-0.1, -0.05) is 0 Å². The van der Waals surface area contributed by atoms with E-state index in [2.05, 4.69) is 20.9 Å². The lowest BCUT2D eigenvalue weighted by molar-refractivity contribution is 0.0954. The van der Waals surface area contributed by atoms with Crippen molar-refractivity contribution in [1.82, 2.24) is 16.0 Å².